The van der Waals surface area contributed by atoms with Crippen LogP contribution < -0.4 is 10.0 Å². The molecule has 0 unspecified atom stereocenters. The molecule has 2 aromatic carbocycles. The van der Waals surface area contributed by atoms with Crippen LogP contribution in [0.25, 0.3) is 0 Å². The molecule has 0 aliphatic rings. The molecule has 1 atom stereocenters. The van der Waals surface area contributed by atoms with E-state index in [1.165, 1.54) is 0 Å². The second-order valence-electron chi connectivity index (χ2n) is 5.81. The highest BCUT2D eigenvalue weighted by atomic mass is 35.5. The maximum Gasteiger partial charge on any atom is 0.289 e. The molecule has 0 saturated carbocycles. The third kappa shape index (κ3) is 5.75. The molecule has 8 nitrogen and oxygen atoms in total. The number of sulfonamides is 1. The predicted molar refractivity (Wildman–Crippen MR) is 101 cm³/mol. The Morgan fingerprint density at radius 1 is 1.22 bits per heavy atom. The number of benzene rings is 2. The van der Waals surface area contributed by atoms with Crippen LogP contribution in [0.1, 0.15) is 18.4 Å². The smallest absolute Gasteiger partial charge is 0.289 e. The molecule has 0 aliphatic heterocycles. The summed E-state index contributed by atoms with van der Waals surface area (Å²) in [5.74, 6) is -0.449. The number of amides is 1. The highest BCUT2D eigenvalue weighted by molar-refractivity contribution is 7.89. The third-order valence-corrected chi connectivity index (χ3v) is 5.54. The second kappa shape index (κ2) is 8.94. The number of hydrogen-bond acceptors (Lipinski definition) is 5. The minimum Gasteiger partial charge on any atom is -0.354 e. The summed E-state index contributed by atoms with van der Waals surface area (Å²) in [4.78, 5) is 21.7. The van der Waals surface area contributed by atoms with Gasteiger partial charge in [0.15, 0.2) is 0 Å². The van der Waals surface area contributed by atoms with E-state index in [-0.39, 0.29) is 15.8 Å². The highest BCUT2D eigenvalue weighted by Crippen LogP contribution is 2.26. The third-order valence-electron chi connectivity index (χ3n) is 3.82. The van der Waals surface area contributed by atoms with E-state index >= 15 is 0 Å². The van der Waals surface area contributed by atoms with Gasteiger partial charge in [-0.2, -0.15) is 0 Å². The van der Waals surface area contributed by atoms with E-state index in [4.69, 9.17) is 11.6 Å². The molecule has 0 heterocycles. The van der Waals surface area contributed by atoms with Crippen molar-refractivity contribution in [3.63, 3.8) is 0 Å². The van der Waals surface area contributed by atoms with Gasteiger partial charge in [0.05, 0.1) is 16.4 Å². The van der Waals surface area contributed by atoms with Gasteiger partial charge in [0.2, 0.25) is 15.9 Å². The Morgan fingerprint density at radius 2 is 1.89 bits per heavy atom. The maximum absolute atomic E-state index is 12.2. The van der Waals surface area contributed by atoms with Crippen LogP contribution in [0, 0.1) is 10.1 Å². The second-order valence-corrected chi connectivity index (χ2v) is 7.98. The highest BCUT2D eigenvalue weighted by Gasteiger charge is 2.21. The van der Waals surface area contributed by atoms with Gasteiger partial charge in [0.25, 0.3) is 5.69 Å². The van der Waals surface area contributed by atoms with E-state index in [9.17, 15) is 23.3 Å². The molecule has 0 fully saturated rings. The van der Waals surface area contributed by atoms with Gasteiger partial charge in [-0.1, -0.05) is 48.9 Å². The van der Waals surface area contributed by atoms with E-state index < -0.39 is 33.1 Å². The lowest BCUT2D eigenvalue weighted by Crippen LogP contribution is -2.38. The van der Waals surface area contributed by atoms with E-state index in [0.29, 0.717) is 6.54 Å². The van der Waals surface area contributed by atoms with Gasteiger partial charge >= 0.3 is 0 Å². The van der Waals surface area contributed by atoms with Crippen molar-refractivity contribution in [1.29, 1.82) is 0 Å². The Hall–Kier alpha value is -2.49. The Bertz CT molecular complexity index is 935. The predicted octanol–water partition coefficient (Wildman–Crippen LogP) is 2.45. The minimum atomic E-state index is -4.09. The summed E-state index contributed by atoms with van der Waals surface area (Å²) in [6.07, 6.45) is 0. The molecule has 0 aromatic heterocycles. The van der Waals surface area contributed by atoms with Gasteiger partial charge < -0.3 is 5.32 Å². The van der Waals surface area contributed by atoms with Gasteiger partial charge in [-0.05, 0) is 23.6 Å². The molecule has 0 radical (unpaired) electrons. The molecular formula is C17H18ClN3O5S. The molecule has 2 rings (SSSR count). The maximum atomic E-state index is 12.2. The number of carbonyl (C=O) groups is 1. The number of nitrogens with zero attached hydrogens (tertiary/aromatic N) is 1. The molecule has 2 aromatic rings. The molecule has 0 aliphatic carbocycles. The lowest BCUT2D eigenvalue weighted by Gasteiger charge is -2.13. The van der Waals surface area contributed by atoms with Gasteiger partial charge in [-0.15, -0.1) is 0 Å². The molecule has 10 heteroatoms. The molecule has 0 spiro atoms. The van der Waals surface area contributed by atoms with Crippen molar-refractivity contribution < 1.29 is 18.1 Å². The minimum absolute atomic E-state index is 0.0608. The monoisotopic (exact) mass is 411 g/mol. The summed E-state index contributed by atoms with van der Waals surface area (Å²) in [7, 11) is -4.09. The van der Waals surface area contributed by atoms with Gasteiger partial charge in [-0.3, -0.25) is 14.9 Å². The van der Waals surface area contributed by atoms with Crippen LogP contribution in [0.4, 0.5) is 5.69 Å². The quantitative estimate of drug-likeness (QED) is 0.510. The number of carbonyl (C=O) groups excluding carboxylic acids is 1. The average molecular weight is 412 g/mol. The fourth-order valence-electron chi connectivity index (χ4n) is 2.27. The van der Waals surface area contributed by atoms with Gasteiger partial charge in [-0.25, -0.2) is 13.1 Å². The zero-order chi connectivity index (χ0) is 20.0. The SMILES string of the molecule is C[C@@H](CNC(=O)CNS(=O)(=O)c1ccc(Cl)c([N+](=O)[O-])c1)c1ccccc1. The molecule has 1 amide bonds. The Kier molecular flexibility index (Phi) is 6.89. The van der Waals surface area contributed by atoms with Crippen molar-refractivity contribution >= 4 is 33.2 Å². The first-order chi connectivity index (χ1) is 12.7. The van der Waals surface area contributed by atoms with Crippen LogP contribution in [0.15, 0.2) is 53.4 Å². The summed E-state index contributed by atoms with van der Waals surface area (Å²) in [5, 5.41) is 13.3. The number of rotatable bonds is 8. The van der Waals surface area contributed by atoms with Crippen LogP contribution in [-0.2, 0) is 14.8 Å². The first kappa shape index (κ1) is 20.8. The molecular weight excluding hydrogens is 394 g/mol. The van der Waals surface area contributed by atoms with Crippen molar-refractivity contribution in [3.05, 3.63) is 69.2 Å². The van der Waals surface area contributed by atoms with Gasteiger partial charge in [0, 0.05) is 12.6 Å². The molecule has 0 bridgehead atoms. The largest absolute Gasteiger partial charge is 0.354 e. The fraction of sp³-hybridized carbons (Fsp3) is 0.235. The molecule has 144 valence electrons. The first-order valence-corrected chi connectivity index (χ1v) is 9.82. The molecule has 0 saturated heterocycles. The first-order valence-electron chi connectivity index (χ1n) is 7.96. The number of halogens is 1. The zero-order valence-electron chi connectivity index (χ0n) is 14.4. The van der Waals surface area contributed by atoms with Crippen LogP contribution in [-0.4, -0.2) is 32.3 Å². The zero-order valence-corrected chi connectivity index (χ0v) is 16.0. The normalized spacial score (nSPS) is 12.4. The van der Waals surface area contributed by atoms with Gasteiger partial charge in [0.1, 0.15) is 5.02 Å². The average Bonchev–Trinajstić information content (AvgIpc) is 2.65. The molecule has 27 heavy (non-hydrogen) atoms. The molecule has 2 N–H and O–H groups in total. The van der Waals surface area contributed by atoms with Crippen molar-refractivity contribution in [3.8, 4) is 0 Å². The van der Waals surface area contributed by atoms with Crippen LogP contribution in [0.2, 0.25) is 5.02 Å². The Balaban J connectivity index is 1.94. The lowest BCUT2D eigenvalue weighted by molar-refractivity contribution is -0.384. The number of hydrogen-bond donors (Lipinski definition) is 2. The summed E-state index contributed by atoms with van der Waals surface area (Å²) in [6.45, 7) is 1.80. The Morgan fingerprint density at radius 3 is 2.52 bits per heavy atom. The van der Waals surface area contributed by atoms with E-state index in [2.05, 4.69) is 10.0 Å². The fourth-order valence-corrected chi connectivity index (χ4v) is 3.46. The number of nitro groups is 1. The number of nitrogens with one attached hydrogen (secondary N) is 2. The van der Waals surface area contributed by atoms with Crippen molar-refractivity contribution in [2.75, 3.05) is 13.1 Å². The lowest BCUT2D eigenvalue weighted by atomic mass is 10.0. The van der Waals surface area contributed by atoms with Crippen molar-refractivity contribution in [2.45, 2.75) is 17.7 Å². The summed E-state index contributed by atoms with van der Waals surface area (Å²) >= 11 is 5.67. The topological polar surface area (TPSA) is 118 Å². The summed E-state index contributed by atoms with van der Waals surface area (Å²) in [6, 6.07) is 12.7. The van der Waals surface area contributed by atoms with Crippen molar-refractivity contribution in [2.24, 2.45) is 0 Å². The number of nitro benzene ring substituents is 1. The summed E-state index contributed by atoms with van der Waals surface area (Å²) < 4.78 is 26.6. The van der Waals surface area contributed by atoms with E-state index in [1.54, 1.807) is 0 Å². The van der Waals surface area contributed by atoms with Crippen LogP contribution >= 0.6 is 11.6 Å². The van der Waals surface area contributed by atoms with Crippen LogP contribution in [0.5, 0.6) is 0 Å². The van der Waals surface area contributed by atoms with E-state index in [1.807, 2.05) is 37.3 Å². The van der Waals surface area contributed by atoms with Crippen molar-refractivity contribution in [1.82, 2.24) is 10.0 Å². The standard InChI is InChI=1S/C17H18ClN3O5S/c1-12(13-5-3-2-4-6-13)10-19-17(22)11-20-27(25,26)14-7-8-15(18)16(9-14)21(23)24/h2-9,12,20H,10-11H2,1H3,(H,19,22)/t12-/m0/s1. The van der Waals surface area contributed by atoms with E-state index in [0.717, 1.165) is 23.8 Å². The summed E-state index contributed by atoms with van der Waals surface area (Å²) in [5.41, 5.74) is 0.521. The Labute approximate surface area is 161 Å². The van der Waals surface area contributed by atoms with Crippen LogP contribution in [0.3, 0.4) is 0 Å².